The first-order valence-electron chi connectivity index (χ1n) is 9.83. The lowest BCUT2D eigenvalue weighted by Gasteiger charge is -2.46. The van der Waals surface area contributed by atoms with Crippen molar-refractivity contribution in [2.45, 2.75) is 50.7 Å². The number of fused-ring (bicyclic) bond motifs is 1. The summed E-state index contributed by atoms with van der Waals surface area (Å²) >= 11 is 0. The zero-order valence-electron chi connectivity index (χ0n) is 16.2. The number of carbonyl (C=O) groups excluding carboxylic acids is 1. The van der Waals surface area contributed by atoms with Crippen molar-refractivity contribution in [2.75, 3.05) is 20.1 Å². The average Bonchev–Trinajstić information content (AvgIpc) is 3.08. The molecular formula is C22H28N2O3. The van der Waals surface area contributed by atoms with E-state index in [1.807, 2.05) is 31.2 Å². The minimum Gasteiger partial charge on any atom is -0.487 e. The molecule has 27 heavy (non-hydrogen) atoms. The second-order valence-electron chi connectivity index (χ2n) is 7.89. The van der Waals surface area contributed by atoms with Gasteiger partial charge >= 0.3 is 0 Å². The van der Waals surface area contributed by atoms with Crippen LogP contribution in [0.15, 0.2) is 40.8 Å². The Hall–Kier alpha value is -2.27. The fourth-order valence-corrected chi connectivity index (χ4v) is 4.47. The lowest BCUT2D eigenvalue weighted by atomic mass is 9.76. The Bertz CT molecular complexity index is 805. The van der Waals surface area contributed by atoms with Gasteiger partial charge in [0.25, 0.3) is 0 Å². The first kappa shape index (κ1) is 18.1. The Morgan fingerprint density at radius 1 is 1.22 bits per heavy atom. The molecule has 1 atom stereocenters. The van der Waals surface area contributed by atoms with Gasteiger partial charge in [-0.25, -0.2) is 0 Å². The van der Waals surface area contributed by atoms with E-state index in [0.29, 0.717) is 6.42 Å². The number of hydrogen-bond acceptors (Lipinski definition) is 4. The van der Waals surface area contributed by atoms with Crippen LogP contribution in [-0.2, 0) is 11.3 Å². The number of hydrogen-bond donors (Lipinski definition) is 1. The van der Waals surface area contributed by atoms with Gasteiger partial charge < -0.3 is 14.5 Å². The zero-order chi connectivity index (χ0) is 18.9. The largest absolute Gasteiger partial charge is 0.487 e. The second-order valence-corrected chi connectivity index (χ2v) is 7.89. The third-order valence-corrected chi connectivity index (χ3v) is 5.96. The van der Waals surface area contributed by atoms with Crippen LogP contribution in [0.25, 0.3) is 0 Å². The normalized spacial score (nSPS) is 21.5. The van der Waals surface area contributed by atoms with E-state index in [-0.39, 0.29) is 17.4 Å². The van der Waals surface area contributed by atoms with Gasteiger partial charge in [0.1, 0.15) is 22.9 Å². The lowest BCUT2D eigenvalue weighted by molar-refractivity contribution is -0.121. The number of rotatable bonds is 4. The number of benzene rings is 1. The molecule has 1 aromatic heterocycles. The number of furan rings is 1. The number of likely N-dealkylation sites (tertiary alicyclic amines) is 1. The smallest absolute Gasteiger partial charge is 0.220 e. The Kier molecular flexibility index (Phi) is 4.96. The van der Waals surface area contributed by atoms with Gasteiger partial charge in [-0.2, -0.15) is 0 Å². The molecule has 1 saturated heterocycles. The predicted molar refractivity (Wildman–Crippen MR) is 104 cm³/mol. The first-order chi connectivity index (χ1) is 13.1. The molecule has 2 aliphatic rings. The molecule has 1 fully saturated rings. The molecule has 4 rings (SSSR count). The molecule has 144 valence electrons. The molecule has 1 aromatic carbocycles. The summed E-state index contributed by atoms with van der Waals surface area (Å²) in [6.45, 7) is 4.79. The zero-order valence-corrected chi connectivity index (χ0v) is 16.2. The molecule has 5 nitrogen and oxygen atoms in total. The summed E-state index contributed by atoms with van der Waals surface area (Å²) in [4.78, 5) is 14.5. The molecule has 5 heteroatoms. The van der Waals surface area contributed by atoms with E-state index in [2.05, 4.69) is 22.3 Å². The van der Waals surface area contributed by atoms with E-state index >= 15 is 0 Å². The number of ether oxygens (including phenoxy) is 1. The molecule has 1 amide bonds. The van der Waals surface area contributed by atoms with Crippen molar-refractivity contribution in [3.8, 4) is 5.75 Å². The van der Waals surface area contributed by atoms with Gasteiger partial charge in [-0.1, -0.05) is 18.2 Å². The van der Waals surface area contributed by atoms with Crippen LogP contribution in [0.2, 0.25) is 0 Å². The topological polar surface area (TPSA) is 54.7 Å². The highest BCUT2D eigenvalue weighted by Crippen LogP contribution is 2.46. The van der Waals surface area contributed by atoms with E-state index in [1.165, 1.54) is 5.56 Å². The fraction of sp³-hybridized carbons (Fsp3) is 0.500. The van der Waals surface area contributed by atoms with E-state index in [4.69, 9.17) is 9.15 Å². The highest BCUT2D eigenvalue weighted by atomic mass is 16.5. The fourth-order valence-electron chi connectivity index (χ4n) is 4.47. The summed E-state index contributed by atoms with van der Waals surface area (Å²) in [5, 5.41) is 2.77. The van der Waals surface area contributed by atoms with Crippen molar-refractivity contribution in [2.24, 2.45) is 0 Å². The van der Waals surface area contributed by atoms with Gasteiger partial charge in [-0.05, 0) is 49.9 Å². The maximum absolute atomic E-state index is 12.0. The van der Waals surface area contributed by atoms with Crippen LogP contribution < -0.4 is 10.1 Å². The third kappa shape index (κ3) is 3.88. The standard InChI is InChI=1S/C22H28N2O3/c1-16-7-8-18(26-16)15-24-11-9-22(10-12-24)14-17(13-21(25)23-2)19-5-3-4-6-20(19)27-22/h3-8,17H,9-15H2,1-2H3,(H,23,25)/t17-/m0/s1. The second kappa shape index (κ2) is 7.39. The molecule has 0 saturated carbocycles. The summed E-state index contributed by atoms with van der Waals surface area (Å²) in [5.74, 6) is 3.25. The van der Waals surface area contributed by atoms with Crippen LogP contribution >= 0.6 is 0 Å². The van der Waals surface area contributed by atoms with Crippen molar-refractivity contribution in [1.29, 1.82) is 0 Å². The molecule has 2 aromatic rings. The summed E-state index contributed by atoms with van der Waals surface area (Å²) in [5.41, 5.74) is 1.00. The molecule has 2 aliphatic heterocycles. The maximum atomic E-state index is 12.0. The van der Waals surface area contributed by atoms with Crippen LogP contribution in [0, 0.1) is 6.92 Å². The van der Waals surface area contributed by atoms with Crippen LogP contribution in [0.3, 0.4) is 0 Å². The highest BCUT2D eigenvalue weighted by molar-refractivity contribution is 5.76. The molecule has 0 radical (unpaired) electrons. The van der Waals surface area contributed by atoms with Crippen molar-refractivity contribution < 1.29 is 13.9 Å². The number of nitrogens with zero attached hydrogens (tertiary/aromatic N) is 1. The minimum absolute atomic E-state index is 0.0949. The first-order valence-corrected chi connectivity index (χ1v) is 9.83. The van der Waals surface area contributed by atoms with Crippen molar-refractivity contribution in [1.82, 2.24) is 10.2 Å². The summed E-state index contributed by atoms with van der Waals surface area (Å²) in [7, 11) is 1.71. The van der Waals surface area contributed by atoms with Gasteiger partial charge in [0.2, 0.25) is 5.91 Å². The molecule has 0 bridgehead atoms. The van der Waals surface area contributed by atoms with Gasteiger partial charge in [0, 0.05) is 32.5 Å². The van der Waals surface area contributed by atoms with E-state index in [0.717, 1.165) is 56.2 Å². The molecule has 1 spiro atoms. The molecule has 1 N–H and O–H groups in total. The van der Waals surface area contributed by atoms with Gasteiger partial charge in [-0.15, -0.1) is 0 Å². The van der Waals surface area contributed by atoms with E-state index in [1.54, 1.807) is 7.05 Å². The molecule has 0 aliphatic carbocycles. The quantitative estimate of drug-likeness (QED) is 0.895. The predicted octanol–water partition coefficient (Wildman–Crippen LogP) is 3.63. The molecule has 0 unspecified atom stereocenters. The molecular weight excluding hydrogens is 340 g/mol. The highest BCUT2D eigenvalue weighted by Gasteiger charge is 2.43. The number of aryl methyl sites for hydroxylation is 1. The van der Waals surface area contributed by atoms with E-state index in [9.17, 15) is 4.79 Å². The number of carbonyl (C=O) groups is 1. The van der Waals surface area contributed by atoms with Gasteiger partial charge in [0.05, 0.1) is 6.54 Å². The number of nitrogens with one attached hydrogen (secondary N) is 1. The van der Waals surface area contributed by atoms with Crippen LogP contribution in [0.1, 0.15) is 48.7 Å². The van der Waals surface area contributed by atoms with Crippen LogP contribution in [0.4, 0.5) is 0 Å². The molecule has 3 heterocycles. The SMILES string of the molecule is CNC(=O)C[C@H]1CC2(CCN(Cc3ccc(C)o3)CC2)Oc2ccccc21. The van der Waals surface area contributed by atoms with Crippen molar-refractivity contribution in [3.63, 3.8) is 0 Å². The Morgan fingerprint density at radius 3 is 2.70 bits per heavy atom. The lowest BCUT2D eigenvalue weighted by Crippen LogP contribution is -2.50. The maximum Gasteiger partial charge on any atom is 0.220 e. The monoisotopic (exact) mass is 368 g/mol. The Balaban J connectivity index is 1.46. The Morgan fingerprint density at radius 2 is 2.00 bits per heavy atom. The van der Waals surface area contributed by atoms with Gasteiger partial charge in [-0.3, -0.25) is 9.69 Å². The third-order valence-electron chi connectivity index (χ3n) is 5.96. The number of amides is 1. The number of piperidine rings is 1. The average molecular weight is 368 g/mol. The van der Waals surface area contributed by atoms with Crippen molar-refractivity contribution >= 4 is 5.91 Å². The van der Waals surface area contributed by atoms with Crippen LogP contribution in [0.5, 0.6) is 5.75 Å². The summed E-state index contributed by atoms with van der Waals surface area (Å²) < 4.78 is 12.3. The summed E-state index contributed by atoms with van der Waals surface area (Å²) in [6.07, 6.45) is 3.38. The van der Waals surface area contributed by atoms with Gasteiger partial charge in [0.15, 0.2) is 0 Å². The number of para-hydroxylation sites is 1. The van der Waals surface area contributed by atoms with E-state index < -0.39 is 0 Å². The van der Waals surface area contributed by atoms with Crippen LogP contribution in [-0.4, -0.2) is 36.5 Å². The summed E-state index contributed by atoms with van der Waals surface area (Å²) in [6, 6.07) is 12.3. The Labute approximate surface area is 160 Å². The minimum atomic E-state index is -0.164. The van der Waals surface area contributed by atoms with Crippen molar-refractivity contribution in [3.05, 3.63) is 53.5 Å².